The number of amides is 3. The van der Waals surface area contributed by atoms with Crippen LogP contribution in [0.15, 0.2) is 24.3 Å². The molecule has 2 aliphatic rings. The molecule has 3 amide bonds. The summed E-state index contributed by atoms with van der Waals surface area (Å²) in [5.41, 5.74) is 5.65. The third-order valence-electron chi connectivity index (χ3n) is 3.40. The highest BCUT2D eigenvalue weighted by molar-refractivity contribution is 7.84. The van der Waals surface area contributed by atoms with E-state index in [-0.39, 0.29) is 15.4 Å². The van der Waals surface area contributed by atoms with E-state index in [1.807, 2.05) is 0 Å². The number of benzene rings is 1. The van der Waals surface area contributed by atoms with Gasteiger partial charge in [0.25, 0.3) is 17.7 Å². The molecule has 1 aromatic carbocycles. The van der Waals surface area contributed by atoms with Gasteiger partial charge in [-0.2, -0.15) is 12.7 Å². The number of rotatable bonds is 2. The molecule has 3 N–H and O–H groups in total. The molecule has 1 aromatic rings. The third kappa shape index (κ3) is 1.70. The molecule has 0 radical (unpaired) electrons. The van der Waals surface area contributed by atoms with Crippen molar-refractivity contribution >= 4 is 28.0 Å². The Bertz CT molecular complexity index is 754. The maximum absolute atomic E-state index is 12.2. The maximum Gasteiger partial charge on any atom is 0.364 e. The highest BCUT2D eigenvalue weighted by Gasteiger charge is 2.58. The van der Waals surface area contributed by atoms with Crippen LogP contribution in [0.5, 0.6) is 0 Å². The minimum Gasteiger partial charge on any atom is -0.317 e. The molecule has 2 heterocycles. The number of fused-ring (bicyclic) bond motifs is 1. The molecule has 21 heavy (non-hydrogen) atoms. The summed E-state index contributed by atoms with van der Waals surface area (Å²) in [4.78, 5) is 36.5. The molecule has 2 atom stereocenters. The minimum absolute atomic E-state index is 0.0271. The van der Waals surface area contributed by atoms with Crippen LogP contribution in [-0.4, -0.2) is 52.1 Å². The molecule has 0 unspecified atom stereocenters. The van der Waals surface area contributed by atoms with Gasteiger partial charge in [-0.05, 0) is 12.1 Å². The SMILES string of the molecule is N[C@@H]1C(=O)N(S(=O)(=O)O)[C@@H]1N1C(=O)c2ccccc2C1=O. The average Bonchev–Trinajstić information content (AvgIpc) is 2.67. The monoisotopic (exact) mass is 311 g/mol. The zero-order valence-corrected chi connectivity index (χ0v) is 11.1. The lowest BCUT2D eigenvalue weighted by Gasteiger charge is -2.45. The molecule has 10 heteroatoms. The van der Waals surface area contributed by atoms with E-state index in [4.69, 9.17) is 10.3 Å². The molecule has 0 aliphatic carbocycles. The summed E-state index contributed by atoms with van der Waals surface area (Å²) < 4.78 is 31.4. The molecular weight excluding hydrogens is 302 g/mol. The van der Waals surface area contributed by atoms with Crippen LogP contribution in [0, 0.1) is 0 Å². The summed E-state index contributed by atoms with van der Waals surface area (Å²) >= 11 is 0. The summed E-state index contributed by atoms with van der Waals surface area (Å²) in [5.74, 6) is -2.62. The predicted octanol–water partition coefficient (Wildman–Crippen LogP) is -1.42. The molecule has 0 spiro atoms. The topological polar surface area (TPSA) is 138 Å². The molecule has 0 aromatic heterocycles. The summed E-state index contributed by atoms with van der Waals surface area (Å²) in [7, 11) is -4.91. The first-order valence-electron chi connectivity index (χ1n) is 5.78. The van der Waals surface area contributed by atoms with Crippen LogP contribution in [0.4, 0.5) is 0 Å². The van der Waals surface area contributed by atoms with Gasteiger partial charge in [-0.1, -0.05) is 12.1 Å². The molecule has 9 nitrogen and oxygen atoms in total. The Morgan fingerprint density at radius 2 is 1.52 bits per heavy atom. The largest absolute Gasteiger partial charge is 0.364 e. The first kappa shape index (κ1) is 13.7. The number of hydrogen-bond acceptors (Lipinski definition) is 6. The lowest BCUT2D eigenvalue weighted by atomic mass is 10.1. The average molecular weight is 311 g/mol. The Morgan fingerprint density at radius 3 is 1.95 bits per heavy atom. The van der Waals surface area contributed by atoms with E-state index >= 15 is 0 Å². The van der Waals surface area contributed by atoms with E-state index in [2.05, 4.69) is 0 Å². The smallest absolute Gasteiger partial charge is 0.317 e. The van der Waals surface area contributed by atoms with Crippen molar-refractivity contribution in [3.05, 3.63) is 35.4 Å². The van der Waals surface area contributed by atoms with E-state index in [1.165, 1.54) is 12.1 Å². The molecule has 0 saturated carbocycles. The molecular formula is C11H9N3O6S. The summed E-state index contributed by atoms with van der Waals surface area (Å²) in [6, 6.07) is 4.49. The Kier molecular flexibility index (Phi) is 2.67. The zero-order valence-electron chi connectivity index (χ0n) is 10.3. The van der Waals surface area contributed by atoms with E-state index in [0.717, 1.165) is 0 Å². The molecule has 1 saturated heterocycles. The number of β-lactam (4-membered cyclic amide) rings is 1. The van der Waals surface area contributed by atoms with Crippen LogP contribution in [0.1, 0.15) is 20.7 Å². The number of imide groups is 1. The number of carbonyl (C=O) groups is 3. The highest BCUT2D eigenvalue weighted by Crippen LogP contribution is 2.32. The van der Waals surface area contributed by atoms with E-state index in [0.29, 0.717) is 4.90 Å². The van der Waals surface area contributed by atoms with E-state index < -0.39 is 40.2 Å². The van der Waals surface area contributed by atoms with Crippen molar-refractivity contribution in [2.75, 3.05) is 0 Å². The lowest BCUT2D eigenvalue weighted by molar-refractivity contribution is -0.145. The van der Waals surface area contributed by atoms with Crippen molar-refractivity contribution in [2.45, 2.75) is 12.2 Å². The van der Waals surface area contributed by atoms with Gasteiger partial charge in [0, 0.05) is 0 Å². The minimum atomic E-state index is -4.91. The fraction of sp³-hybridized carbons (Fsp3) is 0.182. The van der Waals surface area contributed by atoms with Crippen molar-refractivity contribution < 1.29 is 27.4 Å². The predicted molar refractivity (Wildman–Crippen MR) is 67.1 cm³/mol. The van der Waals surface area contributed by atoms with Crippen molar-refractivity contribution in [3.63, 3.8) is 0 Å². The first-order chi connectivity index (χ1) is 9.75. The molecule has 3 rings (SSSR count). The number of nitrogens with zero attached hydrogens (tertiary/aromatic N) is 2. The number of nitrogens with two attached hydrogens (primary N) is 1. The molecule has 0 bridgehead atoms. The van der Waals surface area contributed by atoms with Crippen molar-refractivity contribution in [1.29, 1.82) is 0 Å². The van der Waals surface area contributed by atoms with Crippen molar-refractivity contribution in [1.82, 2.24) is 9.21 Å². The van der Waals surface area contributed by atoms with Crippen LogP contribution < -0.4 is 5.73 Å². The van der Waals surface area contributed by atoms with Crippen LogP contribution in [-0.2, 0) is 15.1 Å². The first-order valence-corrected chi connectivity index (χ1v) is 7.18. The number of hydrogen-bond donors (Lipinski definition) is 2. The fourth-order valence-electron chi connectivity index (χ4n) is 2.43. The second-order valence-corrected chi connectivity index (χ2v) is 5.87. The van der Waals surface area contributed by atoms with Gasteiger partial charge < -0.3 is 5.73 Å². The fourth-order valence-corrected chi connectivity index (χ4v) is 3.28. The standard InChI is InChI=1S/C11H9N3O6S/c12-7-8(14(11(7)17)21(18,19)20)13-9(15)5-3-1-2-4-6(5)10(13)16/h1-4,7-8H,12H2,(H,18,19,20)/t7-,8-/m0/s1. The molecule has 2 aliphatic heterocycles. The normalized spacial score (nSPS) is 25.1. The van der Waals surface area contributed by atoms with Gasteiger partial charge in [0.05, 0.1) is 11.1 Å². The summed E-state index contributed by atoms with van der Waals surface area (Å²) in [5, 5.41) is 0. The Labute approximate surface area is 118 Å². The summed E-state index contributed by atoms with van der Waals surface area (Å²) in [6.07, 6.45) is -1.56. The van der Waals surface area contributed by atoms with Gasteiger partial charge in [0.15, 0.2) is 6.17 Å². The zero-order chi connectivity index (χ0) is 15.5. The van der Waals surface area contributed by atoms with Crippen molar-refractivity contribution in [2.24, 2.45) is 5.73 Å². The maximum atomic E-state index is 12.2. The summed E-state index contributed by atoms with van der Waals surface area (Å²) in [6.45, 7) is 0. The molecule has 1 fully saturated rings. The van der Waals surface area contributed by atoms with Gasteiger partial charge in [0.2, 0.25) is 0 Å². The van der Waals surface area contributed by atoms with Crippen LogP contribution in [0.2, 0.25) is 0 Å². The van der Waals surface area contributed by atoms with Gasteiger partial charge in [-0.3, -0.25) is 18.9 Å². The van der Waals surface area contributed by atoms with E-state index in [1.54, 1.807) is 12.1 Å². The highest BCUT2D eigenvalue weighted by atomic mass is 32.2. The van der Waals surface area contributed by atoms with Crippen molar-refractivity contribution in [3.8, 4) is 0 Å². The third-order valence-corrected chi connectivity index (χ3v) is 4.30. The number of carbonyl (C=O) groups excluding carboxylic acids is 3. The quantitative estimate of drug-likeness (QED) is 0.388. The van der Waals surface area contributed by atoms with Gasteiger partial charge >= 0.3 is 10.3 Å². The van der Waals surface area contributed by atoms with Crippen LogP contribution in [0.25, 0.3) is 0 Å². The second kappa shape index (κ2) is 4.10. The lowest BCUT2D eigenvalue weighted by Crippen LogP contribution is -2.76. The van der Waals surface area contributed by atoms with Gasteiger partial charge in [-0.15, -0.1) is 0 Å². The molecule has 110 valence electrons. The van der Waals surface area contributed by atoms with Gasteiger partial charge in [-0.25, -0.2) is 4.90 Å². The Hall–Kier alpha value is -2.30. The second-order valence-electron chi connectivity index (χ2n) is 4.58. The van der Waals surface area contributed by atoms with Crippen LogP contribution >= 0.6 is 0 Å². The van der Waals surface area contributed by atoms with Gasteiger partial charge in [0.1, 0.15) is 6.04 Å². The van der Waals surface area contributed by atoms with E-state index in [9.17, 15) is 22.8 Å². The Balaban J connectivity index is 2.05. The van der Waals surface area contributed by atoms with Crippen LogP contribution in [0.3, 0.4) is 0 Å². The Morgan fingerprint density at radius 1 is 1.05 bits per heavy atom.